The third-order valence-electron chi connectivity index (χ3n) is 3.60. The lowest BCUT2D eigenvalue weighted by Gasteiger charge is -2.01. The van der Waals surface area contributed by atoms with E-state index in [0.717, 1.165) is 38.6 Å². The Bertz CT molecular complexity index is 787. The number of hydrogen-bond donors (Lipinski definition) is 0. The molecule has 106 valence electrons. The molecule has 0 bridgehead atoms. The number of nitrogens with zero attached hydrogens (tertiary/aromatic N) is 1. The quantitative estimate of drug-likeness (QED) is 0.460. The molecule has 0 amide bonds. The number of hydrogen-bond acceptors (Lipinski definition) is 1. The number of carbonyl (C=O) groups is 1. The maximum absolute atomic E-state index is 12.8. The van der Waals surface area contributed by atoms with E-state index in [9.17, 15) is 4.79 Å². The molecule has 0 aliphatic rings. The Morgan fingerprint density at radius 2 is 1.81 bits per heavy atom. The van der Waals surface area contributed by atoms with Crippen molar-refractivity contribution in [2.45, 2.75) is 19.9 Å². The van der Waals surface area contributed by atoms with Crippen molar-refractivity contribution in [3.63, 3.8) is 0 Å². The zero-order valence-electron chi connectivity index (χ0n) is 11.8. The standard InChI is InChI=1S/C18H16INO/c1-2-11-20-12-16(15-5-3-4-6-17(15)20)18(21)13-7-9-14(19)10-8-13/h3-10,12H,2,11H2,1H3. The summed E-state index contributed by atoms with van der Waals surface area (Å²) in [5.41, 5.74) is 2.67. The van der Waals surface area contributed by atoms with Gasteiger partial charge < -0.3 is 4.57 Å². The summed E-state index contributed by atoms with van der Waals surface area (Å²) in [6.45, 7) is 3.08. The van der Waals surface area contributed by atoms with Crippen molar-refractivity contribution < 1.29 is 4.79 Å². The van der Waals surface area contributed by atoms with Gasteiger partial charge in [-0.2, -0.15) is 0 Å². The molecule has 3 aromatic rings. The molecule has 1 heterocycles. The molecular formula is C18H16INO. The number of para-hydroxylation sites is 1. The minimum absolute atomic E-state index is 0.0949. The SMILES string of the molecule is CCCn1cc(C(=O)c2ccc(I)cc2)c2ccccc21. The van der Waals surface area contributed by atoms with Gasteiger partial charge in [-0.05, 0) is 59.3 Å². The van der Waals surface area contributed by atoms with Crippen molar-refractivity contribution in [3.05, 3.63) is 69.4 Å². The van der Waals surface area contributed by atoms with Gasteiger partial charge in [0.25, 0.3) is 0 Å². The number of carbonyl (C=O) groups excluding carboxylic acids is 1. The number of rotatable bonds is 4. The maximum Gasteiger partial charge on any atom is 0.195 e. The van der Waals surface area contributed by atoms with Crippen LogP contribution in [-0.4, -0.2) is 10.4 Å². The lowest BCUT2D eigenvalue weighted by molar-refractivity contribution is 0.104. The van der Waals surface area contributed by atoms with Crippen LogP contribution in [0, 0.1) is 3.57 Å². The van der Waals surface area contributed by atoms with Crippen molar-refractivity contribution in [2.24, 2.45) is 0 Å². The van der Waals surface area contributed by atoms with Crippen LogP contribution >= 0.6 is 22.6 Å². The summed E-state index contributed by atoms with van der Waals surface area (Å²) in [6, 6.07) is 15.9. The minimum atomic E-state index is 0.0949. The number of aryl methyl sites for hydroxylation is 1. The first-order chi connectivity index (χ1) is 10.2. The molecule has 0 fully saturated rings. The lowest BCUT2D eigenvalue weighted by Crippen LogP contribution is -2.00. The van der Waals surface area contributed by atoms with E-state index in [-0.39, 0.29) is 5.78 Å². The van der Waals surface area contributed by atoms with Crippen molar-refractivity contribution in [3.8, 4) is 0 Å². The Balaban J connectivity index is 2.11. The van der Waals surface area contributed by atoms with Crippen LogP contribution in [0.4, 0.5) is 0 Å². The van der Waals surface area contributed by atoms with Gasteiger partial charge in [-0.15, -0.1) is 0 Å². The zero-order valence-corrected chi connectivity index (χ0v) is 14.0. The third-order valence-corrected chi connectivity index (χ3v) is 4.32. The van der Waals surface area contributed by atoms with E-state index >= 15 is 0 Å². The first-order valence-corrected chi connectivity index (χ1v) is 8.16. The summed E-state index contributed by atoms with van der Waals surface area (Å²) in [6.07, 6.45) is 3.05. The summed E-state index contributed by atoms with van der Waals surface area (Å²) in [7, 11) is 0. The highest BCUT2D eigenvalue weighted by Crippen LogP contribution is 2.24. The summed E-state index contributed by atoms with van der Waals surface area (Å²) < 4.78 is 3.31. The number of aromatic nitrogens is 1. The topological polar surface area (TPSA) is 22.0 Å². The normalized spacial score (nSPS) is 11.0. The molecule has 3 heteroatoms. The highest BCUT2D eigenvalue weighted by atomic mass is 127. The Morgan fingerprint density at radius 3 is 2.52 bits per heavy atom. The van der Waals surface area contributed by atoms with Crippen molar-refractivity contribution in [1.82, 2.24) is 4.57 Å². The lowest BCUT2D eigenvalue weighted by atomic mass is 10.0. The van der Waals surface area contributed by atoms with Gasteiger partial charge in [0.1, 0.15) is 0 Å². The van der Waals surface area contributed by atoms with Crippen LogP contribution in [0.2, 0.25) is 0 Å². The van der Waals surface area contributed by atoms with E-state index in [4.69, 9.17) is 0 Å². The van der Waals surface area contributed by atoms with E-state index in [2.05, 4.69) is 40.1 Å². The van der Waals surface area contributed by atoms with Crippen LogP contribution < -0.4 is 0 Å². The molecule has 2 nitrogen and oxygen atoms in total. The molecule has 0 unspecified atom stereocenters. The largest absolute Gasteiger partial charge is 0.347 e. The predicted octanol–water partition coefficient (Wildman–Crippen LogP) is 4.89. The highest BCUT2D eigenvalue weighted by molar-refractivity contribution is 14.1. The Labute approximate surface area is 137 Å². The fourth-order valence-electron chi connectivity index (χ4n) is 2.61. The average molecular weight is 389 g/mol. The summed E-state index contributed by atoms with van der Waals surface area (Å²) in [5.74, 6) is 0.0949. The summed E-state index contributed by atoms with van der Waals surface area (Å²) in [4.78, 5) is 12.8. The fraction of sp³-hybridized carbons (Fsp3) is 0.167. The van der Waals surface area contributed by atoms with Crippen molar-refractivity contribution >= 4 is 39.3 Å². The van der Waals surface area contributed by atoms with Crippen LogP contribution in [0.15, 0.2) is 54.7 Å². The molecule has 0 aliphatic carbocycles. The van der Waals surface area contributed by atoms with Crippen molar-refractivity contribution in [2.75, 3.05) is 0 Å². The van der Waals surface area contributed by atoms with Crippen LogP contribution in [-0.2, 0) is 6.54 Å². The fourth-order valence-corrected chi connectivity index (χ4v) is 2.97. The molecule has 0 saturated carbocycles. The van der Waals surface area contributed by atoms with Gasteiger partial charge >= 0.3 is 0 Å². The van der Waals surface area contributed by atoms with Gasteiger partial charge in [0.05, 0.1) is 0 Å². The first kappa shape index (κ1) is 14.3. The summed E-state index contributed by atoms with van der Waals surface area (Å²) >= 11 is 2.25. The molecule has 1 aromatic heterocycles. The monoisotopic (exact) mass is 389 g/mol. The van der Waals surface area contributed by atoms with Gasteiger partial charge in [0.15, 0.2) is 5.78 Å². The van der Waals surface area contributed by atoms with Crippen LogP contribution in [0.5, 0.6) is 0 Å². The van der Waals surface area contributed by atoms with Gasteiger partial charge in [-0.1, -0.05) is 25.1 Å². The van der Waals surface area contributed by atoms with Crippen LogP contribution in [0.25, 0.3) is 10.9 Å². The zero-order chi connectivity index (χ0) is 14.8. The van der Waals surface area contributed by atoms with E-state index in [0.29, 0.717) is 0 Å². The molecule has 21 heavy (non-hydrogen) atoms. The molecule has 0 spiro atoms. The van der Waals surface area contributed by atoms with Gasteiger partial charge in [-0.3, -0.25) is 4.79 Å². The molecule has 0 atom stereocenters. The summed E-state index contributed by atoms with van der Waals surface area (Å²) in [5, 5.41) is 1.04. The Morgan fingerprint density at radius 1 is 1.10 bits per heavy atom. The van der Waals surface area contributed by atoms with Gasteiger partial charge in [0.2, 0.25) is 0 Å². The molecule has 0 saturated heterocycles. The van der Waals surface area contributed by atoms with E-state index < -0.39 is 0 Å². The predicted molar refractivity (Wildman–Crippen MR) is 94.8 cm³/mol. The number of halogens is 1. The number of ketones is 1. The second-order valence-corrected chi connectivity index (χ2v) is 6.33. The molecule has 0 radical (unpaired) electrons. The molecule has 0 aliphatic heterocycles. The van der Waals surface area contributed by atoms with Crippen LogP contribution in [0.3, 0.4) is 0 Å². The van der Waals surface area contributed by atoms with Gasteiger partial charge in [-0.25, -0.2) is 0 Å². The molecule has 2 aromatic carbocycles. The maximum atomic E-state index is 12.8. The highest BCUT2D eigenvalue weighted by Gasteiger charge is 2.16. The van der Waals surface area contributed by atoms with E-state index in [1.165, 1.54) is 0 Å². The minimum Gasteiger partial charge on any atom is -0.347 e. The second-order valence-electron chi connectivity index (χ2n) is 5.09. The van der Waals surface area contributed by atoms with Crippen LogP contribution in [0.1, 0.15) is 29.3 Å². The number of benzene rings is 2. The molecular weight excluding hydrogens is 373 g/mol. The first-order valence-electron chi connectivity index (χ1n) is 7.09. The molecule has 3 rings (SSSR count). The number of fused-ring (bicyclic) bond motifs is 1. The van der Waals surface area contributed by atoms with E-state index in [1.807, 2.05) is 48.7 Å². The molecule has 0 N–H and O–H groups in total. The van der Waals surface area contributed by atoms with E-state index in [1.54, 1.807) is 0 Å². The smallest absolute Gasteiger partial charge is 0.195 e. The Kier molecular flexibility index (Phi) is 4.10. The average Bonchev–Trinajstić information content (AvgIpc) is 2.87. The Hall–Kier alpha value is -1.62. The van der Waals surface area contributed by atoms with Gasteiger partial charge in [0, 0.05) is 38.3 Å². The third kappa shape index (κ3) is 2.75. The second kappa shape index (κ2) is 6.02. The van der Waals surface area contributed by atoms with Crippen molar-refractivity contribution in [1.29, 1.82) is 0 Å².